The maximum absolute atomic E-state index is 14.1. The molecule has 2 heterocycles. The normalized spacial score (nSPS) is 21.9. The minimum atomic E-state index is -1.06. The molecule has 1 spiro atoms. The van der Waals surface area contributed by atoms with Crippen molar-refractivity contribution in [3.8, 4) is 5.75 Å². The van der Waals surface area contributed by atoms with Crippen molar-refractivity contribution in [3.05, 3.63) is 62.3 Å². The van der Waals surface area contributed by atoms with Crippen LogP contribution >= 0.6 is 11.6 Å². The van der Waals surface area contributed by atoms with Gasteiger partial charge in [-0.1, -0.05) is 23.7 Å². The number of carbonyl (C=O) groups excluding carboxylic acids is 2. The number of nitrogens with one attached hydrogen (secondary N) is 1. The van der Waals surface area contributed by atoms with Crippen molar-refractivity contribution in [1.82, 2.24) is 14.8 Å². The van der Waals surface area contributed by atoms with Crippen molar-refractivity contribution in [2.45, 2.75) is 24.9 Å². The Morgan fingerprint density at radius 1 is 1.38 bits per heavy atom. The molecule has 4 rings (SSSR count). The molecule has 1 aliphatic carbocycles. The van der Waals surface area contributed by atoms with Crippen LogP contribution in [0.4, 0.5) is 4.39 Å². The number of ether oxygens (including phenoxy) is 1. The highest BCUT2D eigenvalue weighted by molar-refractivity contribution is 6.30. The lowest BCUT2D eigenvalue weighted by atomic mass is 9.67. The number of benzene rings is 1. The maximum atomic E-state index is 14.1. The molecule has 1 saturated carbocycles. The molecule has 1 N–H and O–H groups in total. The fourth-order valence-corrected chi connectivity index (χ4v) is 4.94. The Labute approximate surface area is 188 Å². The molecule has 2 aromatic rings. The van der Waals surface area contributed by atoms with Gasteiger partial charge in [0.05, 0.1) is 10.6 Å². The molecule has 1 aromatic heterocycles. The fourth-order valence-electron chi connectivity index (χ4n) is 4.75. The van der Waals surface area contributed by atoms with Crippen LogP contribution in [0.5, 0.6) is 5.75 Å². The van der Waals surface area contributed by atoms with Crippen LogP contribution in [0.3, 0.4) is 0 Å². The third-order valence-electron chi connectivity index (χ3n) is 6.21. The summed E-state index contributed by atoms with van der Waals surface area (Å²) in [5.74, 6) is -2.82. The van der Waals surface area contributed by atoms with Gasteiger partial charge in [-0.2, -0.15) is 0 Å². The molecule has 0 unspecified atom stereocenters. The van der Waals surface area contributed by atoms with Crippen LogP contribution in [0.2, 0.25) is 5.02 Å². The first-order valence-electron chi connectivity index (χ1n) is 10.1. The van der Waals surface area contributed by atoms with E-state index in [9.17, 15) is 23.9 Å². The maximum Gasteiger partial charge on any atom is 0.269 e. The minimum Gasteiger partial charge on any atom is -0.868 e. The number of likely N-dealkylation sites (N-methyl/N-ethyl adjacent to an activating group) is 1. The SMILES string of the molecule is COCC1CC2(C1)CN(C)C(=O)c1c([O-])c(=O)c(C(=O)NCc3cccc(Cl)c3F)cn12. The van der Waals surface area contributed by atoms with Crippen molar-refractivity contribution in [2.24, 2.45) is 5.92 Å². The molecule has 170 valence electrons. The van der Waals surface area contributed by atoms with E-state index >= 15 is 0 Å². The number of methoxy groups -OCH3 is 1. The average molecular weight is 463 g/mol. The van der Waals surface area contributed by atoms with E-state index in [0.717, 1.165) is 0 Å². The first kappa shape index (κ1) is 22.3. The predicted octanol–water partition coefficient (Wildman–Crippen LogP) is 1.48. The van der Waals surface area contributed by atoms with Gasteiger partial charge < -0.3 is 24.6 Å². The molecule has 0 radical (unpaired) electrons. The van der Waals surface area contributed by atoms with E-state index < -0.39 is 34.3 Å². The van der Waals surface area contributed by atoms with Gasteiger partial charge in [-0.3, -0.25) is 14.4 Å². The van der Waals surface area contributed by atoms with E-state index in [0.29, 0.717) is 26.0 Å². The molecular formula is C22H22ClFN3O5-. The first-order chi connectivity index (χ1) is 15.2. The molecule has 2 aliphatic rings. The predicted molar refractivity (Wildman–Crippen MR) is 112 cm³/mol. The van der Waals surface area contributed by atoms with Crippen molar-refractivity contribution >= 4 is 23.4 Å². The van der Waals surface area contributed by atoms with Crippen molar-refractivity contribution in [1.29, 1.82) is 0 Å². The van der Waals surface area contributed by atoms with E-state index in [1.807, 2.05) is 0 Å². The number of fused-ring (bicyclic) bond motifs is 2. The van der Waals surface area contributed by atoms with Crippen LogP contribution in [0.1, 0.15) is 39.3 Å². The number of aromatic nitrogens is 1. The van der Waals surface area contributed by atoms with E-state index in [4.69, 9.17) is 16.3 Å². The van der Waals surface area contributed by atoms with Crippen molar-refractivity contribution in [2.75, 3.05) is 27.3 Å². The number of rotatable bonds is 5. The van der Waals surface area contributed by atoms with Crippen LogP contribution in [0, 0.1) is 11.7 Å². The topological polar surface area (TPSA) is 104 Å². The molecule has 8 nitrogen and oxygen atoms in total. The zero-order valence-electron chi connectivity index (χ0n) is 17.6. The molecule has 1 aromatic carbocycles. The molecule has 2 amide bonds. The highest BCUT2D eigenvalue weighted by Crippen LogP contribution is 2.47. The molecule has 0 saturated heterocycles. The van der Waals surface area contributed by atoms with Gasteiger partial charge in [0.2, 0.25) is 0 Å². The average Bonchev–Trinajstić information content (AvgIpc) is 2.73. The standard InChI is InChI=1S/C22H23ClFN3O5/c1-26-11-22(6-12(7-22)10-32-2)27-9-14(18(28)19(29)17(27)21(26)31)20(30)25-8-13-4-3-5-15(23)16(13)24/h3-5,9,12,29H,6-8,10-11H2,1-2H3,(H,25,30)/p-1. The van der Waals surface area contributed by atoms with Gasteiger partial charge in [0.1, 0.15) is 17.1 Å². The van der Waals surface area contributed by atoms with Crippen LogP contribution in [0.25, 0.3) is 0 Å². The van der Waals surface area contributed by atoms with E-state index in [1.54, 1.807) is 14.2 Å². The van der Waals surface area contributed by atoms with Crippen LogP contribution < -0.4 is 15.9 Å². The Morgan fingerprint density at radius 3 is 2.78 bits per heavy atom. The van der Waals surface area contributed by atoms with Gasteiger partial charge >= 0.3 is 0 Å². The van der Waals surface area contributed by atoms with Crippen molar-refractivity contribution < 1.29 is 23.8 Å². The lowest BCUT2D eigenvalue weighted by Crippen LogP contribution is -2.60. The summed E-state index contributed by atoms with van der Waals surface area (Å²) in [6.07, 6.45) is 2.57. The molecule has 1 aliphatic heterocycles. The Bertz CT molecular complexity index is 1160. The van der Waals surface area contributed by atoms with E-state index in [-0.39, 0.29) is 34.3 Å². The zero-order valence-corrected chi connectivity index (χ0v) is 18.4. The molecule has 10 heteroatoms. The molecule has 0 bridgehead atoms. The summed E-state index contributed by atoms with van der Waals surface area (Å²) in [6.45, 7) is 0.678. The number of pyridine rings is 1. The van der Waals surface area contributed by atoms with Gasteiger partial charge in [-0.05, 0) is 30.6 Å². The minimum absolute atomic E-state index is 0.0902. The number of nitrogens with zero attached hydrogens (tertiary/aromatic N) is 2. The Morgan fingerprint density at radius 2 is 2.09 bits per heavy atom. The highest BCUT2D eigenvalue weighted by atomic mass is 35.5. The molecular weight excluding hydrogens is 441 g/mol. The summed E-state index contributed by atoms with van der Waals surface area (Å²) >= 11 is 5.76. The molecule has 32 heavy (non-hydrogen) atoms. The fraction of sp³-hybridized carbons (Fsp3) is 0.409. The summed E-state index contributed by atoms with van der Waals surface area (Å²) in [5.41, 5.74) is -2.12. The lowest BCUT2D eigenvalue weighted by molar-refractivity contribution is -0.271. The monoisotopic (exact) mass is 462 g/mol. The second-order valence-corrected chi connectivity index (χ2v) is 8.84. The summed E-state index contributed by atoms with van der Waals surface area (Å²) in [6, 6.07) is 4.37. The van der Waals surface area contributed by atoms with Crippen LogP contribution in [-0.2, 0) is 16.8 Å². The van der Waals surface area contributed by atoms with Gasteiger partial charge in [0, 0.05) is 45.6 Å². The number of hydrogen-bond donors (Lipinski definition) is 1. The van der Waals surface area contributed by atoms with Crippen molar-refractivity contribution in [3.63, 3.8) is 0 Å². The quantitative estimate of drug-likeness (QED) is 0.725. The van der Waals surface area contributed by atoms with Crippen LogP contribution in [0.15, 0.2) is 29.2 Å². The summed E-state index contributed by atoms with van der Waals surface area (Å²) in [5, 5.41) is 15.2. The third kappa shape index (κ3) is 3.55. The first-order valence-corrected chi connectivity index (χ1v) is 10.5. The summed E-state index contributed by atoms with van der Waals surface area (Å²) in [7, 11) is 3.19. The Hall–Kier alpha value is -2.91. The summed E-state index contributed by atoms with van der Waals surface area (Å²) < 4.78 is 20.8. The smallest absolute Gasteiger partial charge is 0.269 e. The number of halogens is 2. The third-order valence-corrected chi connectivity index (χ3v) is 6.50. The van der Waals surface area contributed by atoms with E-state index in [2.05, 4.69) is 5.32 Å². The second-order valence-electron chi connectivity index (χ2n) is 8.43. The second kappa shape index (κ2) is 8.22. The molecule has 1 fully saturated rings. The van der Waals surface area contributed by atoms with Gasteiger partial charge in [-0.25, -0.2) is 4.39 Å². The number of carbonyl (C=O) groups is 2. The van der Waals surface area contributed by atoms with Gasteiger partial charge in [0.15, 0.2) is 5.43 Å². The Kier molecular flexibility index (Phi) is 5.72. The number of amides is 2. The zero-order chi connectivity index (χ0) is 23.2. The number of hydrogen-bond acceptors (Lipinski definition) is 5. The van der Waals surface area contributed by atoms with Gasteiger partial charge in [0.25, 0.3) is 11.8 Å². The largest absolute Gasteiger partial charge is 0.868 e. The van der Waals surface area contributed by atoms with Gasteiger partial charge in [-0.15, -0.1) is 0 Å². The molecule has 0 atom stereocenters. The highest BCUT2D eigenvalue weighted by Gasteiger charge is 2.50. The van der Waals surface area contributed by atoms with Crippen LogP contribution in [-0.4, -0.2) is 48.6 Å². The van der Waals surface area contributed by atoms with E-state index in [1.165, 1.54) is 33.9 Å². The summed E-state index contributed by atoms with van der Waals surface area (Å²) in [4.78, 5) is 39.6. The lowest BCUT2D eigenvalue weighted by Gasteiger charge is -2.54. The Balaban J connectivity index is 1.68.